The number of nitrogens with one attached hydrogen (secondary N) is 1. The lowest BCUT2D eigenvalue weighted by Crippen LogP contribution is -2.70. The van der Waals surface area contributed by atoms with Crippen LogP contribution in [0.3, 0.4) is 0 Å². The Labute approximate surface area is 110 Å². The van der Waals surface area contributed by atoms with Crippen LogP contribution in [0.5, 0.6) is 0 Å². The lowest BCUT2D eigenvalue weighted by atomic mass is 9.90. The van der Waals surface area contributed by atoms with Crippen LogP contribution in [0.4, 0.5) is 0 Å². The second-order valence-electron chi connectivity index (χ2n) is 5.41. The van der Waals surface area contributed by atoms with Crippen molar-refractivity contribution in [2.75, 3.05) is 0 Å². The zero-order valence-electron chi connectivity index (χ0n) is 12.2. The lowest BCUT2D eigenvalue weighted by molar-refractivity contribution is -0.157. The van der Waals surface area contributed by atoms with Gasteiger partial charge in [-0.05, 0) is 33.1 Å². The number of carbonyl (C=O) groups is 2. The van der Waals surface area contributed by atoms with E-state index in [1.165, 1.54) is 0 Å². The Morgan fingerprint density at radius 3 is 2.39 bits per heavy atom. The minimum absolute atomic E-state index is 0.0338. The molecule has 0 radical (unpaired) electrons. The summed E-state index contributed by atoms with van der Waals surface area (Å²) in [6.45, 7) is 9.77. The third-order valence-corrected chi connectivity index (χ3v) is 4.10. The van der Waals surface area contributed by atoms with Gasteiger partial charge in [0, 0.05) is 6.04 Å². The van der Waals surface area contributed by atoms with Gasteiger partial charge in [-0.1, -0.05) is 27.2 Å². The van der Waals surface area contributed by atoms with E-state index < -0.39 is 5.54 Å². The largest absolute Gasteiger partial charge is 0.340 e. The Morgan fingerprint density at radius 1 is 1.33 bits per heavy atom. The topological polar surface area (TPSA) is 49.4 Å². The number of piperazine rings is 1. The van der Waals surface area contributed by atoms with Gasteiger partial charge in [0.25, 0.3) is 0 Å². The third kappa shape index (κ3) is 2.52. The van der Waals surface area contributed by atoms with Crippen molar-refractivity contribution in [2.45, 2.75) is 77.9 Å². The Balaban J connectivity index is 3.05. The Kier molecular flexibility index (Phi) is 4.77. The van der Waals surface area contributed by atoms with Gasteiger partial charge in [0.05, 0.1) is 0 Å². The maximum Gasteiger partial charge on any atom is 0.248 e. The summed E-state index contributed by atoms with van der Waals surface area (Å²) < 4.78 is 0. The molecule has 2 amide bonds. The van der Waals surface area contributed by atoms with Crippen molar-refractivity contribution in [1.29, 1.82) is 0 Å². The van der Waals surface area contributed by atoms with Crippen LogP contribution < -0.4 is 5.32 Å². The molecule has 4 nitrogen and oxygen atoms in total. The predicted octanol–water partition coefficient (Wildman–Crippen LogP) is 2.08. The van der Waals surface area contributed by atoms with E-state index in [0.29, 0.717) is 6.42 Å². The van der Waals surface area contributed by atoms with Crippen LogP contribution in [0.2, 0.25) is 0 Å². The molecule has 1 aliphatic rings. The Bertz CT molecular complexity index is 330. The number of carbonyl (C=O) groups excluding carboxylic acids is 2. The lowest BCUT2D eigenvalue weighted by Gasteiger charge is -2.46. The van der Waals surface area contributed by atoms with Gasteiger partial charge in [-0.25, -0.2) is 0 Å². The highest BCUT2D eigenvalue weighted by Crippen LogP contribution is 2.26. The summed E-state index contributed by atoms with van der Waals surface area (Å²) in [6, 6.07) is -0.178. The fourth-order valence-corrected chi connectivity index (χ4v) is 2.61. The third-order valence-electron chi connectivity index (χ3n) is 4.10. The molecule has 0 aliphatic carbocycles. The van der Waals surface area contributed by atoms with E-state index >= 15 is 0 Å². The van der Waals surface area contributed by atoms with Gasteiger partial charge in [-0.15, -0.1) is 0 Å². The van der Waals surface area contributed by atoms with Gasteiger partial charge in [0.1, 0.15) is 11.6 Å². The van der Waals surface area contributed by atoms with Crippen molar-refractivity contribution in [1.82, 2.24) is 10.2 Å². The molecule has 104 valence electrons. The molecule has 3 unspecified atom stereocenters. The highest BCUT2D eigenvalue weighted by Gasteiger charge is 2.47. The summed E-state index contributed by atoms with van der Waals surface area (Å²) in [4.78, 5) is 26.5. The van der Waals surface area contributed by atoms with E-state index in [0.717, 1.165) is 19.3 Å². The molecule has 1 saturated heterocycles. The van der Waals surface area contributed by atoms with E-state index in [4.69, 9.17) is 0 Å². The van der Waals surface area contributed by atoms with Crippen molar-refractivity contribution >= 4 is 11.8 Å². The average Bonchev–Trinajstić information content (AvgIpc) is 2.35. The molecule has 1 fully saturated rings. The molecule has 0 saturated carbocycles. The van der Waals surface area contributed by atoms with Crippen molar-refractivity contribution in [3.8, 4) is 0 Å². The molecule has 1 aliphatic heterocycles. The summed E-state index contributed by atoms with van der Waals surface area (Å²) in [7, 11) is 0. The molecule has 3 atom stereocenters. The first kappa shape index (κ1) is 15.0. The van der Waals surface area contributed by atoms with Crippen molar-refractivity contribution < 1.29 is 9.59 Å². The quantitative estimate of drug-likeness (QED) is 0.816. The first-order valence-corrected chi connectivity index (χ1v) is 7.06. The van der Waals surface area contributed by atoms with E-state index in [1.807, 2.05) is 25.7 Å². The molecule has 1 rings (SSSR count). The molecule has 0 aromatic rings. The smallest absolute Gasteiger partial charge is 0.248 e. The zero-order chi connectivity index (χ0) is 13.9. The van der Waals surface area contributed by atoms with Crippen LogP contribution in [0.1, 0.15) is 60.3 Å². The summed E-state index contributed by atoms with van der Waals surface area (Å²) in [6.07, 6.45) is 3.51. The van der Waals surface area contributed by atoms with E-state index in [9.17, 15) is 9.59 Å². The molecule has 18 heavy (non-hydrogen) atoms. The highest BCUT2D eigenvalue weighted by molar-refractivity contribution is 5.99. The molecular weight excluding hydrogens is 228 g/mol. The van der Waals surface area contributed by atoms with Crippen molar-refractivity contribution in [3.63, 3.8) is 0 Å². The molecule has 1 N–H and O–H groups in total. The summed E-state index contributed by atoms with van der Waals surface area (Å²) in [5.74, 6) is 0.0332. The fraction of sp³-hybridized carbons (Fsp3) is 0.857. The SMILES string of the molecule is CCCC(CC)N1C(=O)C(C)(CC)NC(=O)C1C. The van der Waals surface area contributed by atoms with Gasteiger partial charge in [-0.2, -0.15) is 0 Å². The number of nitrogens with zero attached hydrogens (tertiary/aromatic N) is 1. The van der Waals surface area contributed by atoms with E-state index in [2.05, 4.69) is 19.2 Å². The van der Waals surface area contributed by atoms with Crippen LogP contribution in [-0.2, 0) is 9.59 Å². The molecular formula is C14H26N2O2. The summed E-state index contributed by atoms with van der Waals surface area (Å²) in [5, 5.41) is 2.86. The normalized spacial score (nSPS) is 30.3. The number of hydrogen-bond donors (Lipinski definition) is 1. The summed E-state index contributed by atoms with van der Waals surface area (Å²) in [5.41, 5.74) is -0.731. The van der Waals surface area contributed by atoms with Crippen LogP contribution in [-0.4, -0.2) is 34.3 Å². The minimum Gasteiger partial charge on any atom is -0.340 e. The maximum absolute atomic E-state index is 12.6. The standard InChI is InChI=1S/C14H26N2O2/c1-6-9-11(7-2)16-10(4)12(17)15-14(5,8-3)13(16)18/h10-11H,6-9H2,1-5H3,(H,15,17). The average molecular weight is 254 g/mol. The van der Waals surface area contributed by atoms with Crippen LogP contribution in [0.15, 0.2) is 0 Å². The minimum atomic E-state index is -0.731. The van der Waals surface area contributed by atoms with E-state index in [1.54, 1.807) is 0 Å². The molecule has 0 aromatic heterocycles. The Hall–Kier alpha value is -1.06. The van der Waals surface area contributed by atoms with Crippen molar-refractivity contribution in [2.24, 2.45) is 0 Å². The number of amides is 2. The second-order valence-corrected chi connectivity index (χ2v) is 5.41. The first-order valence-electron chi connectivity index (χ1n) is 7.06. The zero-order valence-corrected chi connectivity index (χ0v) is 12.2. The van der Waals surface area contributed by atoms with Crippen LogP contribution in [0.25, 0.3) is 0 Å². The second kappa shape index (κ2) is 5.72. The van der Waals surface area contributed by atoms with Gasteiger partial charge in [-0.3, -0.25) is 9.59 Å². The molecule has 0 spiro atoms. The van der Waals surface area contributed by atoms with Gasteiger partial charge in [0.15, 0.2) is 0 Å². The van der Waals surface area contributed by atoms with Crippen LogP contribution in [0, 0.1) is 0 Å². The monoisotopic (exact) mass is 254 g/mol. The highest BCUT2D eigenvalue weighted by atomic mass is 16.2. The summed E-state index contributed by atoms with van der Waals surface area (Å²) >= 11 is 0. The first-order chi connectivity index (χ1) is 8.41. The molecule has 1 heterocycles. The van der Waals surface area contributed by atoms with Crippen LogP contribution >= 0.6 is 0 Å². The van der Waals surface area contributed by atoms with E-state index in [-0.39, 0.29) is 23.9 Å². The van der Waals surface area contributed by atoms with Crippen molar-refractivity contribution in [3.05, 3.63) is 0 Å². The van der Waals surface area contributed by atoms with Gasteiger partial charge >= 0.3 is 0 Å². The number of hydrogen-bond acceptors (Lipinski definition) is 2. The van der Waals surface area contributed by atoms with Gasteiger partial charge in [0.2, 0.25) is 11.8 Å². The molecule has 0 bridgehead atoms. The fourth-order valence-electron chi connectivity index (χ4n) is 2.61. The van der Waals surface area contributed by atoms with Gasteiger partial charge < -0.3 is 10.2 Å². The molecule has 4 heteroatoms. The predicted molar refractivity (Wildman–Crippen MR) is 72.1 cm³/mol. The maximum atomic E-state index is 12.6. The Morgan fingerprint density at radius 2 is 1.94 bits per heavy atom. The molecule has 0 aromatic carbocycles. The number of rotatable bonds is 5.